The monoisotopic (exact) mass is 262 g/mol. The molecule has 11 heavy (non-hydrogen) atoms. The van der Waals surface area contributed by atoms with Gasteiger partial charge in [0, 0.05) is 19.0 Å². The van der Waals surface area contributed by atoms with Crippen LogP contribution in [0.2, 0.25) is 0 Å². The number of carbonyl (C=O) groups excluding carboxylic acids is 1. The van der Waals surface area contributed by atoms with E-state index in [2.05, 4.69) is 27.7 Å². The first-order valence-corrected chi connectivity index (χ1v) is 4.55. The third-order valence-electron chi connectivity index (χ3n) is 1.87. The smallest absolute Gasteiger partial charge is 0.137 e. The molecule has 2 rings (SSSR count). The Bertz CT molecular complexity index is 286. The van der Waals surface area contributed by atoms with Crippen LogP contribution in [0.3, 0.4) is 0 Å². The molecule has 0 N–H and O–H groups in total. The molecule has 0 radical (unpaired) electrons. The lowest BCUT2D eigenvalue weighted by atomic mass is 9.92. The van der Waals surface area contributed by atoms with Crippen molar-refractivity contribution in [3.8, 4) is 0 Å². The van der Waals surface area contributed by atoms with Crippen LogP contribution in [0.25, 0.3) is 0 Å². The first-order chi connectivity index (χ1) is 5.25. The zero-order valence-corrected chi connectivity index (χ0v) is 7.98. The Labute approximate surface area is 77.9 Å². The lowest BCUT2D eigenvalue weighted by molar-refractivity contribution is -0.126. The van der Waals surface area contributed by atoms with E-state index in [1.165, 1.54) is 0 Å². The van der Waals surface area contributed by atoms with Crippen molar-refractivity contribution in [3.63, 3.8) is 0 Å². The highest BCUT2D eigenvalue weighted by Crippen LogP contribution is 2.27. The second-order valence-corrected chi connectivity index (χ2v) is 3.98. The second kappa shape index (κ2) is 2.58. The molecule has 4 heteroatoms. The Balaban J connectivity index is 2.12. The molecule has 1 aromatic heterocycles. The molecule has 1 aliphatic rings. The van der Waals surface area contributed by atoms with Crippen LogP contribution in [0.1, 0.15) is 18.9 Å². The highest BCUT2D eigenvalue weighted by atomic mass is 127. The van der Waals surface area contributed by atoms with Gasteiger partial charge in [-0.3, -0.25) is 9.48 Å². The van der Waals surface area contributed by atoms with E-state index in [1.54, 1.807) is 0 Å². The number of rotatable bonds is 1. The van der Waals surface area contributed by atoms with Crippen molar-refractivity contribution in [2.24, 2.45) is 0 Å². The molecular formula is C7H7IN2O. The zero-order valence-electron chi connectivity index (χ0n) is 5.83. The number of halogens is 1. The van der Waals surface area contributed by atoms with Crippen molar-refractivity contribution >= 4 is 28.4 Å². The molecule has 0 aromatic carbocycles. The van der Waals surface area contributed by atoms with Crippen molar-refractivity contribution in [2.45, 2.75) is 18.9 Å². The minimum atomic E-state index is 0.339. The van der Waals surface area contributed by atoms with Crippen LogP contribution in [-0.2, 0) is 4.79 Å². The van der Waals surface area contributed by atoms with Gasteiger partial charge in [0.05, 0.1) is 15.8 Å². The van der Waals surface area contributed by atoms with Gasteiger partial charge in [0.25, 0.3) is 0 Å². The van der Waals surface area contributed by atoms with E-state index in [0.29, 0.717) is 24.7 Å². The summed E-state index contributed by atoms with van der Waals surface area (Å²) in [5.74, 6) is 0.348. The molecular weight excluding hydrogens is 255 g/mol. The molecule has 0 amide bonds. The van der Waals surface area contributed by atoms with Gasteiger partial charge in [-0.05, 0) is 22.6 Å². The molecule has 1 fully saturated rings. The average molecular weight is 262 g/mol. The molecule has 1 aromatic rings. The van der Waals surface area contributed by atoms with Crippen LogP contribution in [0.4, 0.5) is 0 Å². The highest BCUT2D eigenvalue weighted by Gasteiger charge is 2.28. The van der Waals surface area contributed by atoms with E-state index in [1.807, 2.05) is 17.1 Å². The van der Waals surface area contributed by atoms with Crippen LogP contribution < -0.4 is 0 Å². The summed E-state index contributed by atoms with van der Waals surface area (Å²) in [5, 5.41) is 4.13. The summed E-state index contributed by atoms with van der Waals surface area (Å²) in [6, 6.07) is 0.339. The van der Waals surface area contributed by atoms with Crippen LogP contribution in [0.15, 0.2) is 12.4 Å². The summed E-state index contributed by atoms with van der Waals surface area (Å²) in [6.45, 7) is 0. The maximum Gasteiger partial charge on any atom is 0.137 e. The van der Waals surface area contributed by atoms with E-state index in [0.717, 1.165) is 3.57 Å². The van der Waals surface area contributed by atoms with Gasteiger partial charge in [-0.2, -0.15) is 5.10 Å². The highest BCUT2D eigenvalue weighted by molar-refractivity contribution is 14.1. The zero-order chi connectivity index (χ0) is 7.84. The fourth-order valence-corrected chi connectivity index (χ4v) is 1.58. The number of ketones is 1. The Kier molecular flexibility index (Phi) is 1.71. The van der Waals surface area contributed by atoms with Crippen LogP contribution >= 0.6 is 22.6 Å². The van der Waals surface area contributed by atoms with E-state index in [4.69, 9.17) is 0 Å². The number of hydrogen-bond donors (Lipinski definition) is 0. The number of carbonyl (C=O) groups is 1. The van der Waals surface area contributed by atoms with Crippen LogP contribution in [0.5, 0.6) is 0 Å². The second-order valence-electron chi connectivity index (χ2n) is 2.74. The molecule has 1 aliphatic carbocycles. The molecule has 0 atom stereocenters. The Morgan fingerprint density at radius 3 is 2.82 bits per heavy atom. The van der Waals surface area contributed by atoms with E-state index in [-0.39, 0.29) is 0 Å². The molecule has 0 saturated heterocycles. The number of aromatic nitrogens is 2. The summed E-state index contributed by atoms with van der Waals surface area (Å²) in [5.41, 5.74) is 0. The molecule has 0 unspecified atom stereocenters. The molecule has 1 saturated carbocycles. The lowest BCUT2D eigenvalue weighted by Gasteiger charge is -2.23. The largest absolute Gasteiger partial charge is 0.300 e. The molecule has 58 valence electrons. The third kappa shape index (κ3) is 1.31. The molecule has 0 spiro atoms. The van der Waals surface area contributed by atoms with Gasteiger partial charge in [0.1, 0.15) is 5.78 Å². The van der Waals surface area contributed by atoms with Gasteiger partial charge in [0.2, 0.25) is 0 Å². The van der Waals surface area contributed by atoms with Gasteiger partial charge in [-0.1, -0.05) is 0 Å². The Hall–Kier alpha value is -0.390. The summed E-state index contributed by atoms with van der Waals surface area (Å²) in [4.78, 5) is 10.6. The third-order valence-corrected chi connectivity index (χ3v) is 2.43. The SMILES string of the molecule is O=C1CC(n2cc(I)cn2)C1. The van der Waals surface area contributed by atoms with Gasteiger partial charge in [-0.15, -0.1) is 0 Å². The Morgan fingerprint density at radius 1 is 1.64 bits per heavy atom. The lowest BCUT2D eigenvalue weighted by Crippen LogP contribution is -2.26. The average Bonchev–Trinajstić information content (AvgIpc) is 2.29. The van der Waals surface area contributed by atoms with Crippen LogP contribution in [-0.4, -0.2) is 15.6 Å². The summed E-state index contributed by atoms with van der Waals surface area (Å²) in [6.07, 6.45) is 5.11. The number of hydrogen-bond acceptors (Lipinski definition) is 2. The summed E-state index contributed by atoms with van der Waals surface area (Å²) >= 11 is 2.21. The molecule has 0 bridgehead atoms. The van der Waals surface area contributed by atoms with Crippen molar-refractivity contribution in [1.29, 1.82) is 0 Å². The summed E-state index contributed by atoms with van der Waals surface area (Å²) in [7, 11) is 0. The minimum absolute atomic E-state index is 0.339. The fraction of sp³-hybridized carbons (Fsp3) is 0.429. The van der Waals surface area contributed by atoms with Gasteiger partial charge < -0.3 is 0 Å². The van der Waals surface area contributed by atoms with Crippen molar-refractivity contribution in [1.82, 2.24) is 9.78 Å². The van der Waals surface area contributed by atoms with Crippen LogP contribution in [0, 0.1) is 3.57 Å². The van der Waals surface area contributed by atoms with Gasteiger partial charge >= 0.3 is 0 Å². The topological polar surface area (TPSA) is 34.9 Å². The fourth-order valence-electron chi connectivity index (χ4n) is 1.17. The predicted octanol–water partition coefficient (Wildman–Crippen LogP) is 1.39. The number of nitrogens with zero attached hydrogens (tertiary/aromatic N) is 2. The predicted molar refractivity (Wildman–Crippen MR) is 48.2 cm³/mol. The maximum atomic E-state index is 10.6. The van der Waals surface area contributed by atoms with Gasteiger partial charge in [-0.25, -0.2) is 0 Å². The first kappa shape index (κ1) is 7.27. The molecule has 1 heterocycles. The van der Waals surface area contributed by atoms with E-state index >= 15 is 0 Å². The number of Topliss-reactive ketones (excluding diaryl/α,β-unsaturated/α-hetero) is 1. The van der Waals surface area contributed by atoms with Crippen molar-refractivity contribution < 1.29 is 4.79 Å². The Morgan fingerprint density at radius 2 is 2.36 bits per heavy atom. The van der Waals surface area contributed by atoms with Gasteiger partial charge in [0.15, 0.2) is 0 Å². The maximum absolute atomic E-state index is 10.6. The van der Waals surface area contributed by atoms with E-state index in [9.17, 15) is 4.79 Å². The van der Waals surface area contributed by atoms with E-state index < -0.39 is 0 Å². The molecule has 0 aliphatic heterocycles. The normalized spacial score (nSPS) is 18.5. The molecule has 3 nitrogen and oxygen atoms in total. The minimum Gasteiger partial charge on any atom is -0.300 e. The summed E-state index contributed by atoms with van der Waals surface area (Å²) < 4.78 is 3.00. The first-order valence-electron chi connectivity index (χ1n) is 3.47. The standard InChI is InChI=1S/C7H7IN2O/c8-5-3-9-10(4-5)6-1-7(11)2-6/h3-4,6H,1-2H2. The quantitative estimate of drug-likeness (QED) is 0.717. The van der Waals surface area contributed by atoms with Crippen molar-refractivity contribution in [2.75, 3.05) is 0 Å². The van der Waals surface area contributed by atoms with Crippen molar-refractivity contribution in [3.05, 3.63) is 16.0 Å².